The first-order chi connectivity index (χ1) is 4.02. The monoisotopic (exact) mass is 143 g/mol. The first kappa shape index (κ1) is 6.83. The highest BCUT2D eigenvalue weighted by Crippen LogP contribution is 2.65. The van der Waals surface area contributed by atoms with Crippen LogP contribution in [0.2, 0.25) is 0 Å². The van der Waals surface area contributed by atoms with Crippen molar-refractivity contribution in [1.29, 1.82) is 5.26 Å². The van der Waals surface area contributed by atoms with Gasteiger partial charge in [0.25, 0.3) is 0 Å². The van der Waals surface area contributed by atoms with Crippen molar-refractivity contribution < 1.29 is 4.57 Å². The topological polar surface area (TPSA) is 40.9 Å². The van der Waals surface area contributed by atoms with Gasteiger partial charge in [-0.2, -0.15) is 5.26 Å². The summed E-state index contributed by atoms with van der Waals surface area (Å²) in [5, 5.41) is 8.16. The molecule has 9 heavy (non-hydrogen) atoms. The lowest BCUT2D eigenvalue weighted by molar-refractivity contribution is 0.577. The number of rotatable bonds is 1. The molecule has 0 amide bonds. The summed E-state index contributed by atoms with van der Waals surface area (Å²) < 4.78 is 11.3. The Kier molecular flexibility index (Phi) is 1.22. The van der Waals surface area contributed by atoms with Crippen LogP contribution in [-0.2, 0) is 4.57 Å². The largest absolute Gasteiger partial charge is 0.322 e. The summed E-state index contributed by atoms with van der Waals surface area (Å²) in [7, 11) is -2.12. The molecular weight excluding hydrogens is 133 g/mol. The zero-order chi connectivity index (χ0) is 7.12. The molecule has 1 fully saturated rings. The first-order valence-electron chi connectivity index (χ1n) is 2.98. The van der Waals surface area contributed by atoms with E-state index >= 15 is 0 Å². The van der Waals surface area contributed by atoms with Crippen molar-refractivity contribution in [1.82, 2.24) is 0 Å². The fourth-order valence-corrected chi connectivity index (χ4v) is 2.32. The van der Waals surface area contributed by atoms with Crippen molar-refractivity contribution in [2.24, 2.45) is 0 Å². The Hall–Kier alpha value is -0.280. The van der Waals surface area contributed by atoms with Gasteiger partial charge in [0.2, 0.25) is 0 Å². The molecule has 2 nitrogen and oxygen atoms in total. The van der Waals surface area contributed by atoms with Gasteiger partial charge in [-0.15, -0.1) is 0 Å². The van der Waals surface area contributed by atoms with E-state index in [4.69, 9.17) is 5.26 Å². The van der Waals surface area contributed by atoms with E-state index in [9.17, 15) is 4.57 Å². The van der Waals surface area contributed by atoms with Crippen LogP contribution >= 0.6 is 7.14 Å². The lowest BCUT2D eigenvalue weighted by Crippen LogP contribution is -2.03. The molecule has 3 heteroatoms. The quantitative estimate of drug-likeness (QED) is 0.524. The van der Waals surface area contributed by atoms with E-state index < -0.39 is 12.3 Å². The average Bonchev–Trinajstić information content (AvgIpc) is 2.40. The number of hydrogen-bond donors (Lipinski definition) is 0. The van der Waals surface area contributed by atoms with Gasteiger partial charge in [-0.25, -0.2) is 0 Å². The zero-order valence-corrected chi connectivity index (χ0v) is 6.61. The molecule has 0 unspecified atom stereocenters. The summed E-state index contributed by atoms with van der Waals surface area (Å²) in [5.74, 6) is 0. The Morgan fingerprint density at radius 1 is 1.56 bits per heavy atom. The van der Waals surface area contributed by atoms with Crippen molar-refractivity contribution in [2.45, 2.75) is 18.0 Å². The maximum atomic E-state index is 11.3. The minimum atomic E-state index is -2.12. The van der Waals surface area contributed by atoms with Gasteiger partial charge in [-0.1, -0.05) is 0 Å². The Morgan fingerprint density at radius 3 is 2.00 bits per heavy atom. The minimum Gasteiger partial charge on any atom is -0.322 e. The van der Waals surface area contributed by atoms with Gasteiger partial charge in [0.05, 0.1) is 6.07 Å². The Morgan fingerprint density at radius 2 is 2.00 bits per heavy atom. The molecule has 0 aromatic rings. The molecule has 0 spiro atoms. The van der Waals surface area contributed by atoms with Gasteiger partial charge in [0, 0.05) is 0 Å². The van der Waals surface area contributed by atoms with Crippen LogP contribution in [0.4, 0.5) is 0 Å². The molecule has 0 heterocycles. The number of nitrogens with zero attached hydrogens (tertiary/aromatic N) is 1. The Bertz CT molecular complexity index is 206. The highest BCUT2D eigenvalue weighted by atomic mass is 31.2. The normalized spacial score (nSPS) is 22.8. The van der Waals surface area contributed by atoms with Crippen molar-refractivity contribution in [3.8, 4) is 6.07 Å². The number of hydrogen-bond acceptors (Lipinski definition) is 2. The molecule has 1 aliphatic rings. The highest BCUT2D eigenvalue weighted by molar-refractivity contribution is 7.64. The summed E-state index contributed by atoms with van der Waals surface area (Å²) >= 11 is 0. The number of nitriles is 1. The summed E-state index contributed by atoms with van der Waals surface area (Å²) in [5.41, 5.74) is 0. The first-order valence-corrected chi connectivity index (χ1v) is 5.58. The second-order valence-corrected chi connectivity index (χ2v) is 6.55. The van der Waals surface area contributed by atoms with E-state index in [0.717, 1.165) is 12.8 Å². The van der Waals surface area contributed by atoms with E-state index in [-0.39, 0.29) is 0 Å². The van der Waals surface area contributed by atoms with Crippen LogP contribution in [0.1, 0.15) is 12.8 Å². The molecule has 50 valence electrons. The third-order valence-corrected chi connectivity index (χ3v) is 4.57. The maximum absolute atomic E-state index is 11.3. The highest BCUT2D eigenvalue weighted by Gasteiger charge is 2.52. The van der Waals surface area contributed by atoms with Gasteiger partial charge in [0.1, 0.15) is 12.3 Å². The average molecular weight is 143 g/mol. The summed E-state index contributed by atoms with van der Waals surface area (Å²) in [6.07, 6.45) is 1.68. The molecule has 0 saturated heterocycles. The van der Waals surface area contributed by atoms with Crippen molar-refractivity contribution >= 4 is 7.14 Å². The van der Waals surface area contributed by atoms with Crippen LogP contribution in [0.5, 0.6) is 0 Å². The van der Waals surface area contributed by atoms with E-state index in [0.29, 0.717) is 0 Å². The van der Waals surface area contributed by atoms with Gasteiger partial charge in [-0.05, 0) is 26.2 Å². The standard InChI is InChI=1S/C6H10NOP/c1-9(2,8)6(5-7)3-4-6/h3-4H2,1-2H3. The van der Waals surface area contributed by atoms with Crippen molar-refractivity contribution in [2.75, 3.05) is 13.3 Å². The van der Waals surface area contributed by atoms with E-state index in [1.54, 1.807) is 13.3 Å². The molecule has 0 radical (unpaired) electrons. The van der Waals surface area contributed by atoms with Crippen molar-refractivity contribution in [3.05, 3.63) is 0 Å². The predicted octanol–water partition coefficient (Wildman–Crippen LogP) is 1.67. The molecule has 0 aliphatic heterocycles. The Labute approximate surface area is 55.2 Å². The molecule has 1 aliphatic carbocycles. The SMILES string of the molecule is CP(C)(=O)C1(C#N)CC1. The van der Waals surface area contributed by atoms with Crippen LogP contribution in [0.15, 0.2) is 0 Å². The molecular formula is C6H10NOP. The van der Waals surface area contributed by atoms with Crippen LogP contribution in [0.25, 0.3) is 0 Å². The van der Waals surface area contributed by atoms with Crippen LogP contribution in [0.3, 0.4) is 0 Å². The summed E-state index contributed by atoms with van der Waals surface area (Å²) in [4.78, 5) is 0. The van der Waals surface area contributed by atoms with Gasteiger partial charge in [0.15, 0.2) is 0 Å². The second kappa shape index (κ2) is 1.61. The predicted molar refractivity (Wildman–Crippen MR) is 37.0 cm³/mol. The zero-order valence-electron chi connectivity index (χ0n) is 5.72. The van der Waals surface area contributed by atoms with Crippen molar-refractivity contribution in [3.63, 3.8) is 0 Å². The fraction of sp³-hybridized carbons (Fsp3) is 0.833. The Balaban J connectivity index is 2.88. The van der Waals surface area contributed by atoms with Gasteiger partial charge < -0.3 is 4.57 Å². The summed E-state index contributed by atoms with van der Waals surface area (Å²) in [6, 6.07) is 2.13. The van der Waals surface area contributed by atoms with E-state index in [1.807, 2.05) is 0 Å². The third kappa shape index (κ3) is 0.904. The van der Waals surface area contributed by atoms with E-state index in [2.05, 4.69) is 6.07 Å². The summed E-state index contributed by atoms with van der Waals surface area (Å²) in [6.45, 7) is 3.40. The second-order valence-electron chi connectivity index (χ2n) is 2.99. The van der Waals surface area contributed by atoms with Gasteiger partial charge in [-0.3, -0.25) is 0 Å². The lowest BCUT2D eigenvalue weighted by atomic mass is 10.5. The molecule has 0 bridgehead atoms. The molecule has 1 rings (SSSR count). The molecule has 0 N–H and O–H groups in total. The maximum Gasteiger partial charge on any atom is 0.110 e. The lowest BCUT2D eigenvalue weighted by Gasteiger charge is -2.09. The fourth-order valence-electron chi connectivity index (χ4n) is 0.889. The molecule has 1 saturated carbocycles. The van der Waals surface area contributed by atoms with Crippen LogP contribution < -0.4 is 0 Å². The smallest absolute Gasteiger partial charge is 0.110 e. The minimum absolute atomic E-state index is 0.410. The third-order valence-electron chi connectivity index (χ3n) is 1.96. The molecule has 0 aromatic carbocycles. The van der Waals surface area contributed by atoms with Crippen LogP contribution in [-0.4, -0.2) is 18.5 Å². The van der Waals surface area contributed by atoms with Crippen LogP contribution in [0, 0.1) is 11.3 Å². The van der Waals surface area contributed by atoms with E-state index in [1.165, 1.54) is 0 Å². The molecule has 0 aromatic heterocycles. The molecule has 0 atom stereocenters. The van der Waals surface area contributed by atoms with Gasteiger partial charge >= 0.3 is 0 Å².